The fraction of sp³-hybridized carbons (Fsp3) is 1.00. The van der Waals surface area contributed by atoms with Gasteiger partial charge in [0, 0.05) is 0 Å². The molecule has 0 aromatic rings. The zero-order chi connectivity index (χ0) is 11.6. The van der Waals surface area contributed by atoms with Gasteiger partial charge in [-0.1, -0.05) is 12.8 Å². The number of nitrogens with two attached hydrogens (primary N) is 1. The lowest BCUT2D eigenvalue weighted by Gasteiger charge is -2.23. The van der Waals surface area contributed by atoms with Gasteiger partial charge in [-0.3, -0.25) is 0 Å². The molecule has 0 aliphatic rings. The smallest absolute Gasteiger partial charge is 0.284 e. The third-order valence-electron chi connectivity index (χ3n) is 2.22. The van der Waals surface area contributed by atoms with Crippen molar-refractivity contribution in [2.45, 2.75) is 38.4 Å². The maximum absolute atomic E-state index is 5.91. The van der Waals surface area contributed by atoms with E-state index in [9.17, 15) is 0 Å². The van der Waals surface area contributed by atoms with E-state index < -0.39 is 28.3 Å². The number of rotatable bonds is 10. The van der Waals surface area contributed by atoms with Gasteiger partial charge in [0.25, 0.3) is 20.0 Å². The van der Waals surface area contributed by atoms with Gasteiger partial charge < -0.3 is 18.1 Å². The summed E-state index contributed by atoms with van der Waals surface area (Å²) in [4.78, 5) is 0. The highest BCUT2D eigenvalue weighted by Crippen LogP contribution is 2.15. The largest absolute Gasteiger partial charge is 0.449 e. The molecule has 0 aromatic heterocycles. The van der Waals surface area contributed by atoms with Gasteiger partial charge in [-0.15, -0.1) is 0 Å². The van der Waals surface area contributed by atoms with Crippen LogP contribution in [0.5, 0.6) is 0 Å². The van der Waals surface area contributed by atoms with Crippen LogP contribution >= 0.6 is 0 Å². The van der Waals surface area contributed by atoms with Gasteiger partial charge in [0.05, 0.1) is 0 Å². The summed E-state index contributed by atoms with van der Waals surface area (Å²) in [5.41, 5.74) is 5.45. The highest BCUT2D eigenvalue weighted by molar-refractivity contribution is 6.74. The van der Waals surface area contributed by atoms with E-state index in [1.165, 1.54) is 18.9 Å². The molecule has 0 unspecified atom stereocenters. The molecule has 2 N–H and O–H groups in total. The molecule has 0 aromatic carbocycles. The van der Waals surface area contributed by atoms with Crippen molar-refractivity contribution in [2.24, 2.45) is 5.73 Å². The minimum Gasteiger partial charge on any atom is -0.449 e. The van der Waals surface area contributed by atoms with Crippen LogP contribution in [0.2, 0.25) is 19.1 Å². The summed E-state index contributed by atoms with van der Waals surface area (Å²) in [6, 6.07) is 1.23. The molecule has 0 atom stereocenters. The van der Waals surface area contributed by atoms with Crippen molar-refractivity contribution in [1.29, 1.82) is 0 Å². The molecule has 0 saturated heterocycles. The molecule has 0 radical (unpaired) electrons. The minimum atomic E-state index is -1.43. The van der Waals surface area contributed by atoms with Crippen molar-refractivity contribution >= 4 is 38.8 Å². The lowest BCUT2D eigenvalue weighted by molar-refractivity contribution is 0.424. The molecule has 0 aliphatic heterocycles. The summed E-state index contributed by atoms with van der Waals surface area (Å²) < 4.78 is 16.4. The normalized spacial score (nSPS) is 13.8. The Labute approximate surface area is 102 Å². The lowest BCUT2D eigenvalue weighted by Crippen LogP contribution is -2.33. The topological polar surface area (TPSA) is 53.7 Å². The zero-order valence-electron chi connectivity index (χ0n) is 10.3. The van der Waals surface area contributed by atoms with Crippen LogP contribution in [-0.2, 0) is 12.3 Å². The molecule has 0 spiro atoms. The molecule has 0 amide bonds. The van der Waals surface area contributed by atoms with Crippen LogP contribution in [0.25, 0.3) is 0 Å². The standard InChI is InChI=1S/C7H25NO3Si4/c1-15(2,7-5-3-4-6-8)11-14-10-13-9-12/h3-8,13-14H2,1-2,12H3. The Morgan fingerprint density at radius 3 is 2.53 bits per heavy atom. The molecule has 0 aliphatic carbocycles. The molecule has 0 heterocycles. The van der Waals surface area contributed by atoms with E-state index in [1.54, 1.807) is 0 Å². The van der Waals surface area contributed by atoms with E-state index in [0.717, 1.165) is 23.5 Å². The molecule has 4 nitrogen and oxygen atoms in total. The third-order valence-corrected chi connectivity index (χ3v) is 9.65. The summed E-state index contributed by atoms with van der Waals surface area (Å²) in [7, 11) is -2.05. The first-order valence-electron chi connectivity index (χ1n) is 5.53. The first-order chi connectivity index (χ1) is 7.12. The molecule has 0 fully saturated rings. The molecule has 92 valence electrons. The van der Waals surface area contributed by atoms with Crippen molar-refractivity contribution in [3.05, 3.63) is 0 Å². The third kappa shape index (κ3) is 11.0. The second kappa shape index (κ2) is 9.90. The predicted octanol–water partition coefficient (Wildman–Crippen LogP) is -1.35. The Kier molecular flexibility index (Phi) is 10.4. The van der Waals surface area contributed by atoms with Gasteiger partial charge in [0.2, 0.25) is 0 Å². The monoisotopic (exact) mass is 283 g/mol. The average molecular weight is 284 g/mol. The van der Waals surface area contributed by atoms with Crippen LogP contribution < -0.4 is 5.73 Å². The van der Waals surface area contributed by atoms with Crippen molar-refractivity contribution in [3.63, 3.8) is 0 Å². The van der Waals surface area contributed by atoms with Crippen LogP contribution in [0, 0.1) is 0 Å². The van der Waals surface area contributed by atoms with E-state index >= 15 is 0 Å². The fourth-order valence-electron chi connectivity index (χ4n) is 1.26. The van der Waals surface area contributed by atoms with Gasteiger partial charge in [0.15, 0.2) is 8.32 Å². The minimum absolute atomic E-state index is 0.670. The first kappa shape index (κ1) is 15.7. The van der Waals surface area contributed by atoms with E-state index in [1.807, 2.05) is 0 Å². The van der Waals surface area contributed by atoms with Gasteiger partial charge in [-0.05, 0) is 32.1 Å². The number of hydrogen-bond acceptors (Lipinski definition) is 4. The highest BCUT2D eigenvalue weighted by atomic mass is 28.4. The van der Waals surface area contributed by atoms with Crippen molar-refractivity contribution < 1.29 is 12.3 Å². The average Bonchev–Trinajstić information content (AvgIpc) is 2.20. The van der Waals surface area contributed by atoms with Crippen molar-refractivity contribution in [3.8, 4) is 0 Å². The Morgan fingerprint density at radius 1 is 1.20 bits per heavy atom. The Bertz CT molecular complexity index is 136. The number of hydrogen-bond donors (Lipinski definition) is 1. The molecule has 15 heavy (non-hydrogen) atoms. The SMILES string of the molecule is C[Si](C)(CCCCCN)O[SiH2]O[SiH2]O[SiH3]. The summed E-state index contributed by atoms with van der Waals surface area (Å²) >= 11 is 0. The van der Waals surface area contributed by atoms with E-state index in [0.29, 0.717) is 0 Å². The first-order valence-corrected chi connectivity index (χ1v) is 11.8. The maximum Gasteiger partial charge on any atom is 0.284 e. The van der Waals surface area contributed by atoms with Crippen LogP contribution in [0.15, 0.2) is 0 Å². The van der Waals surface area contributed by atoms with E-state index in [4.69, 9.17) is 18.1 Å². The van der Waals surface area contributed by atoms with Crippen molar-refractivity contribution in [1.82, 2.24) is 0 Å². The van der Waals surface area contributed by atoms with E-state index in [-0.39, 0.29) is 0 Å². The summed E-state index contributed by atoms with van der Waals surface area (Å²) in [6.45, 7) is 5.36. The van der Waals surface area contributed by atoms with E-state index in [2.05, 4.69) is 13.1 Å². The second-order valence-corrected chi connectivity index (χ2v) is 13.8. The van der Waals surface area contributed by atoms with Crippen LogP contribution in [-0.4, -0.2) is 45.4 Å². The Morgan fingerprint density at radius 2 is 1.93 bits per heavy atom. The van der Waals surface area contributed by atoms with Gasteiger partial charge in [0.1, 0.15) is 10.5 Å². The molecule has 8 heteroatoms. The summed E-state index contributed by atoms with van der Waals surface area (Å²) in [6.07, 6.45) is 3.62. The van der Waals surface area contributed by atoms with Crippen LogP contribution in [0.3, 0.4) is 0 Å². The van der Waals surface area contributed by atoms with Crippen LogP contribution in [0.4, 0.5) is 0 Å². The second-order valence-electron chi connectivity index (χ2n) is 4.23. The summed E-state index contributed by atoms with van der Waals surface area (Å²) in [5, 5.41) is 0. The molecular weight excluding hydrogens is 258 g/mol. The molecule has 0 bridgehead atoms. The highest BCUT2D eigenvalue weighted by Gasteiger charge is 2.20. The lowest BCUT2D eigenvalue weighted by atomic mass is 10.2. The quantitative estimate of drug-likeness (QED) is 0.398. The zero-order valence-corrected chi connectivity index (χ0v) is 16.1. The van der Waals surface area contributed by atoms with Gasteiger partial charge in [-0.25, -0.2) is 0 Å². The summed E-state index contributed by atoms with van der Waals surface area (Å²) in [5.74, 6) is 0. The molecule has 0 rings (SSSR count). The van der Waals surface area contributed by atoms with Gasteiger partial charge >= 0.3 is 0 Å². The maximum atomic E-state index is 5.91. The van der Waals surface area contributed by atoms with Crippen LogP contribution in [0.1, 0.15) is 19.3 Å². The Balaban J connectivity index is 3.40. The predicted molar refractivity (Wildman–Crippen MR) is 75.5 cm³/mol. The fourth-order valence-corrected chi connectivity index (χ4v) is 7.74. The number of unbranched alkanes of at least 4 members (excludes halogenated alkanes) is 2. The van der Waals surface area contributed by atoms with Gasteiger partial charge in [-0.2, -0.15) is 0 Å². The molecular formula is C7H25NO3Si4. The Hall–Kier alpha value is 0.708. The molecule has 0 saturated carbocycles. The van der Waals surface area contributed by atoms with Crippen molar-refractivity contribution in [2.75, 3.05) is 6.54 Å².